The van der Waals surface area contributed by atoms with E-state index in [1.54, 1.807) is 0 Å². The van der Waals surface area contributed by atoms with Crippen molar-refractivity contribution in [2.45, 2.75) is 13.8 Å². The Hall–Kier alpha value is -3.60. The fourth-order valence-corrected chi connectivity index (χ4v) is 2.95. The van der Waals surface area contributed by atoms with E-state index < -0.39 is 0 Å². The Morgan fingerprint density at radius 1 is 0.926 bits per heavy atom. The number of fused-ring (bicyclic) bond motifs is 1. The van der Waals surface area contributed by atoms with Gasteiger partial charge in [0.05, 0.1) is 0 Å². The monoisotopic (exact) mass is 356 g/mol. The molecule has 4 rings (SSSR count). The highest BCUT2D eigenvalue weighted by Gasteiger charge is 2.13. The van der Waals surface area contributed by atoms with Crippen LogP contribution >= 0.6 is 0 Å². The van der Waals surface area contributed by atoms with E-state index in [4.69, 9.17) is 10.5 Å². The van der Waals surface area contributed by atoms with Gasteiger partial charge >= 0.3 is 0 Å². The maximum atomic E-state index is 6.30. The molecular weight excluding hydrogens is 336 g/mol. The number of anilines is 3. The van der Waals surface area contributed by atoms with Crippen LogP contribution in [0.1, 0.15) is 11.1 Å². The number of benzene rings is 3. The molecule has 0 unspecified atom stereocenters. The van der Waals surface area contributed by atoms with Gasteiger partial charge in [-0.05, 0) is 42.5 Å². The fourth-order valence-electron chi connectivity index (χ4n) is 2.95. The second-order valence-electron chi connectivity index (χ2n) is 6.46. The summed E-state index contributed by atoms with van der Waals surface area (Å²) in [7, 11) is 0. The van der Waals surface area contributed by atoms with Crippen LogP contribution in [0.4, 0.5) is 17.2 Å². The number of nitrogen functional groups attached to an aromatic ring is 1. The second kappa shape index (κ2) is 6.96. The lowest BCUT2D eigenvalue weighted by Crippen LogP contribution is -2.04. The molecule has 4 aromatic rings. The van der Waals surface area contributed by atoms with E-state index in [9.17, 15) is 0 Å². The van der Waals surface area contributed by atoms with Gasteiger partial charge in [0.25, 0.3) is 0 Å². The molecule has 0 saturated carbocycles. The van der Waals surface area contributed by atoms with Crippen LogP contribution in [0.15, 0.2) is 67.0 Å². The smallest absolute Gasteiger partial charge is 0.248 e. The van der Waals surface area contributed by atoms with Gasteiger partial charge in [0, 0.05) is 11.1 Å². The van der Waals surface area contributed by atoms with Gasteiger partial charge < -0.3 is 15.8 Å². The summed E-state index contributed by atoms with van der Waals surface area (Å²) < 4.78 is 6.04. The van der Waals surface area contributed by atoms with Crippen molar-refractivity contribution in [2.75, 3.05) is 11.1 Å². The minimum atomic E-state index is 0.328. The summed E-state index contributed by atoms with van der Waals surface area (Å²) in [4.78, 5) is 8.51. The van der Waals surface area contributed by atoms with Gasteiger partial charge in [-0.2, -0.15) is 4.98 Å². The molecule has 5 nitrogen and oxygen atoms in total. The van der Waals surface area contributed by atoms with Gasteiger partial charge in [-0.3, -0.25) is 0 Å². The maximum Gasteiger partial charge on any atom is 0.248 e. The number of ether oxygens (including phenoxy) is 1. The lowest BCUT2D eigenvalue weighted by molar-refractivity contribution is 0.470. The van der Waals surface area contributed by atoms with Crippen LogP contribution in [0, 0.1) is 13.8 Å². The Kier molecular flexibility index (Phi) is 4.34. The highest BCUT2D eigenvalue weighted by atomic mass is 16.5. The van der Waals surface area contributed by atoms with Crippen molar-refractivity contribution in [3.8, 4) is 11.6 Å². The summed E-state index contributed by atoms with van der Waals surface area (Å²) in [5.41, 5.74) is 9.88. The number of nitrogens with one attached hydrogen (secondary N) is 1. The van der Waals surface area contributed by atoms with E-state index in [1.807, 2.05) is 56.3 Å². The highest BCUT2D eigenvalue weighted by Crippen LogP contribution is 2.34. The van der Waals surface area contributed by atoms with E-state index in [0.29, 0.717) is 23.1 Å². The molecule has 0 aliphatic rings. The summed E-state index contributed by atoms with van der Waals surface area (Å²) in [6, 6.07) is 20.1. The van der Waals surface area contributed by atoms with Gasteiger partial charge in [-0.25, -0.2) is 4.98 Å². The molecule has 0 fully saturated rings. The fraction of sp³-hybridized carbons (Fsp3) is 0.0909. The van der Waals surface area contributed by atoms with Crippen LogP contribution in [0.25, 0.3) is 10.8 Å². The molecule has 0 bridgehead atoms. The third-order valence-electron chi connectivity index (χ3n) is 4.45. The van der Waals surface area contributed by atoms with Gasteiger partial charge in [-0.1, -0.05) is 48.5 Å². The van der Waals surface area contributed by atoms with Crippen molar-refractivity contribution < 1.29 is 4.74 Å². The zero-order chi connectivity index (χ0) is 18.8. The molecule has 0 radical (unpaired) electrons. The first-order chi connectivity index (χ1) is 13.1. The molecule has 1 heterocycles. The van der Waals surface area contributed by atoms with Gasteiger partial charge in [-0.15, -0.1) is 0 Å². The third kappa shape index (κ3) is 3.40. The molecule has 27 heavy (non-hydrogen) atoms. The summed E-state index contributed by atoms with van der Waals surface area (Å²) in [5.74, 6) is 1.55. The quantitative estimate of drug-likeness (QED) is 0.514. The third-order valence-corrected chi connectivity index (χ3v) is 4.45. The van der Waals surface area contributed by atoms with E-state index >= 15 is 0 Å². The average Bonchev–Trinajstić information content (AvgIpc) is 2.68. The van der Waals surface area contributed by atoms with Crippen LogP contribution in [-0.2, 0) is 0 Å². The van der Waals surface area contributed by atoms with E-state index in [-0.39, 0.29) is 0 Å². The maximum absolute atomic E-state index is 6.30. The minimum absolute atomic E-state index is 0.328. The predicted octanol–water partition coefficient (Wildman–Crippen LogP) is 5.36. The van der Waals surface area contributed by atoms with Crippen LogP contribution in [0.2, 0.25) is 0 Å². The van der Waals surface area contributed by atoms with Gasteiger partial charge in [0.2, 0.25) is 5.88 Å². The Morgan fingerprint density at radius 2 is 1.74 bits per heavy atom. The first-order valence-corrected chi connectivity index (χ1v) is 8.72. The molecule has 1 aromatic heterocycles. The topological polar surface area (TPSA) is 73.1 Å². The van der Waals surface area contributed by atoms with E-state index in [0.717, 1.165) is 27.6 Å². The van der Waals surface area contributed by atoms with Crippen LogP contribution in [0.3, 0.4) is 0 Å². The normalized spacial score (nSPS) is 10.7. The summed E-state index contributed by atoms with van der Waals surface area (Å²) >= 11 is 0. The van der Waals surface area contributed by atoms with Crippen molar-refractivity contribution >= 4 is 28.0 Å². The summed E-state index contributed by atoms with van der Waals surface area (Å²) in [6.07, 6.45) is 1.45. The predicted molar refractivity (Wildman–Crippen MR) is 110 cm³/mol. The molecule has 0 amide bonds. The Balaban J connectivity index is 1.69. The molecule has 3 aromatic carbocycles. The molecule has 0 aliphatic heterocycles. The molecular formula is C22H20N4O. The lowest BCUT2D eigenvalue weighted by atomic mass is 10.1. The Morgan fingerprint density at radius 3 is 2.63 bits per heavy atom. The summed E-state index contributed by atoms with van der Waals surface area (Å²) in [6.45, 7) is 4.08. The molecule has 0 atom stereocenters. The number of hydrogen-bond donors (Lipinski definition) is 2. The van der Waals surface area contributed by atoms with Crippen molar-refractivity contribution in [1.29, 1.82) is 0 Å². The van der Waals surface area contributed by atoms with E-state index in [2.05, 4.69) is 33.5 Å². The number of aryl methyl sites for hydroxylation is 2. The molecule has 3 N–H and O–H groups in total. The zero-order valence-electron chi connectivity index (χ0n) is 15.2. The highest BCUT2D eigenvalue weighted by molar-refractivity contribution is 5.88. The summed E-state index contributed by atoms with van der Waals surface area (Å²) in [5, 5.41) is 5.38. The van der Waals surface area contributed by atoms with Crippen molar-refractivity contribution in [3.05, 3.63) is 78.1 Å². The zero-order valence-corrected chi connectivity index (χ0v) is 15.2. The van der Waals surface area contributed by atoms with Crippen LogP contribution in [-0.4, -0.2) is 9.97 Å². The van der Waals surface area contributed by atoms with Crippen LogP contribution < -0.4 is 15.8 Å². The van der Waals surface area contributed by atoms with Crippen LogP contribution in [0.5, 0.6) is 11.6 Å². The van der Waals surface area contributed by atoms with Crippen molar-refractivity contribution in [3.63, 3.8) is 0 Å². The molecule has 0 spiro atoms. The van der Waals surface area contributed by atoms with Crippen molar-refractivity contribution in [2.24, 2.45) is 0 Å². The molecule has 5 heteroatoms. The van der Waals surface area contributed by atoms with Gasteiger partial charge in [0.1, 0.15) is 17.8 Å². The average molecular weight is 356 g/mol. The SMILES string of the molecule is Cc1ccc(C)c(Nc2ncnc(Oc3cccc4ccccc34)c2N)c1. The van der Waals surface area contributed by atoms with E-state index in [1.165, 1.54) is 6.33 Å². The number of rotatable bonds is 4. The van der Waals surface area contributed by atoms with Crippen molar-refractivity contribution in [1.82, 2.24) is 9.97 Å². The second-order valence-corrected chi connectivity index (χ2v) is 6.46. The van der Waals surface area contributed by atoms with Gasteiger partial charge in [0.15, 0.2) is 5.82 Å². The first-order valence-electron chi connectivity index (χ1n) is 8.72. The number of nitrogens with two attached hydrogens (primary N) is 1. The number of hydrogen-bond acceptors (Lipinski definition) is 5. The number of nitrogens with zero attached hydrogens (tertiary/aromatic N) is 2. The largest absolute Gasteiger partial charge is 0.436 e. The molecule has 0 aliphatic carbocycles. The standard InChI is InChI=1S/C22H20N4O/c1-14-10-11-15(2)18(12-14)26-21-20(23)22(25-13-24-21)27-19-9-5-7-16-6-3-4-8-17(16)19/h3-13H,23H2,1-2H3,(H,24,25,26). The molecule has 134 valence electrons. The minimum Gasteiger partial charge on any atom is -0.436 e. The number of aromatic nitrogens is 2. The first kappa shape index (κ1) is 16.8. The molecule has 0 saturated heterocycles. The lowest BCUT2D eigenvalue weighted by Gasteiger charge is -2.14. The Bertz CT molecular complexity index is 1120. The Labute approximate surface area is 157 Å².